The van der Waals surface area contributed by atoms with E-state index in [1.165, 1.54) is 0 Å². The molecule has 0 unspecified atom stereocenters. The average molecular weight is 244 g/mol. The van der Waals surface area contributed by atoms with Gasteiger partial charge in [0.05, 0.1) is 17.6 Å². The topological polar surface area (TPSA) is 46.5 Å². The van der Waals surface area contributed by atoms with E-state index in [1.807, 2.05) is 18.7 Å². The maximum atomic E-state index is 12.2. The summed E-state index contributed by atoms with van der Waals surface area (Å²) in [6, 6.07) is 0. The van der Waals surface area contributed by atoms with Crippen LogP contribution in [0.25, 0.3) is 0 Å². The molecule has 2 aliphatic rings. The zero-order valence-corrected chi connectivity index (χ0v) is 10.6. The number of aliphatic hydroxyl groups is 1. The lowest BCUT2D eigenvalue weighted by molar-refractivity contribution is -0.191. The van der Waals surface area contributed by atoms with Gasteiger partial charge in [0.25, 0.3) is 0 Å². The molecule has 1 N–H and O–H groups in total. The molecule has 2 rings (SSSR count). The Hall–Kier alpha value is -0.220. The standard InChI is InChI=1S/C12H20O3S/c1-2-15-10(13)11(6-8-16-9-7-11)12(14)4-3-5-12/h14H,2-9H2,1H3. The fraction of sp³-hybridized carbons (Fsp3) is 0.917. The Morgan fingerprint density at radius 1 is 1.31 bits per heavy atom. The summed E-state index contributed by atoms with van der Waals surface area (Å²) >= 11 is 1.86. The van der Waals surface area contributed by atoms with Crippen LogP contribution in [0.1, 0.15) is 39.0 Å². The third kappa shape index (κ3) is 1.76. The molecule has 1 aliphatic carbocycles. The smallest absolute Gasteiger partial charge is 0.315 e. The number of hydrogen-bond acceptors (Lipinski definition) is 4. The summed E-state index contributed by atoms with van der Waals surface area (Å²) in [6.07, 6.45) is 4.09. The Kier molecular flexibility index (Phi) is 3.50. The van der Waals surface area contributed by atoms with Crippen LogP contribution in [0.15, 0.2) is 0 Å². The van der Waals surface area contributed by atoms with Gasteiger partial charge < -0.3 is 9.84 Å². The molecule has 0 atom stereocenters. The summed E-state index contributed by atoms with van der Waals surface area (Å²) in [5, 5.41) is 10.6. The van der Waals surface area contributed by atoms with Gasteiger partial charge in [0.1, 0.15) is 0 Å². The van der Waals surface area contributed by atoms with Crippen LogP contribution in [0, 0.1) is 5.41 Å². The number of ether oxygens (including phenoxy) is 1. The highest BCUT2D eigenvalue weighted by atomic mass is 32.2. The lowest BCUT2D eigenvalue weighted by Gasteiger charge is -2.52. The molecule has 0 aromatic rings. The highest BCUT2D eigenvalue weighted by Crippen LogP contribution is 2.53. The average Bonchev–Trinajstić information content (AvgIpc) is 2.27. The minimum absolute atomic E-state index is 0.169. The molecule has 0 bridgehead atoms. The van der Waals surface area contributed by atoms with Crippen LogP contribution in [0.4, 0.5) is 0 Å². The Morgan fingerprint density at radius 3 is 2.38 bits per heavy atom. The lowest BCUT2D eigenvalue weighted by atomic mass is 9.58. The number of rotatable bonds is 3. The molecule has 3 nitrogen and oxygen atoms in total. The highest BCUT2D eigenvalue weighted by Gasteiger charge is 2.59. The quantitative estimate of drug-likeness (QED) is 0.771. The molecule has 0 amide bonds. The van der Waals surface area contributed by atoms with Gasteiger partial charge in [-0.3, -0.25) is 4.79 Å². The summed E-state index contributed by atoms with van der Waals surface area (Å²) in [7, 11) is 0. The molecule has 0 aromatic heterocycles. The van der Waals surface area contributed by atoms with Gasteiger partial charge >= 0.3 is 5.97 Å². The van der Waals surface area contributed by atoms with E-state index < -0.39 is 11.0 Å². The second-order valence-electron chi connectivity index (χ2n) is 4.80. The Bertz CT molecular complexity index is 267. The van der Waals surface area contributed by atoms with Crippen LogP contribution in [0.5, 0.6) is 0 Å². The van der Waals surface area contributed by atoms with Crippen molar-refractivity contribution in [3.8, 4) is 0 Å². The first-order valence-electron chi connectivity index (χ1n) is 6.12. The number of carbonyl (C=O) groups excluding carboxylic acids is 1. The zero-order chi connectivity index (χ0) is 11.6. The number of hydrogen-bond donors (Lipinski definition) is 1. The van der Waals surface area contributed by atoms with Gasteiger partial charge in [-0.2, -0.15) is 11.8 Å². The van der Waals surface area contributed by atoms with Crippen molar-refractivity contribution in [1.82, 2.24) is 0 Å². The van der Waals surface area contributed by atoms with Crippen molar-refractivity contribution in [1.29, 1.82) is 0 Å². The van der Waals surface area contributed by atoms with E-state index in [4.69, 9.17) is 4.74 Å². The van der Waals surface area contributed by atoms with E-state index in [9.17, 15) is 9.90 Å². The molecular weight excluding hydrogens is 224 g/mol. The van der Waals surface area contributed by atoms with Crippen molar-refractivity contribution in [3.05, 3.63) is 0 Å². The van der Waals surface area contributed by atoms with Gasteiger partial charge in [0, 0.05) is 0 Å². The molecule has 1 aliphatic heterocycles. The van der Waals surface area contributed by atoms with Gasteiger partial charge in [-0.1, -0.05) is 0 Å². The third-order valence-corrected chi connectivity index (χ3v) is 5.07. The predicted molar refractivity (Wildman–Crippen MR) is 64.4 cm³/mol. The van der Waals surface area contributed by atoms with Gasteiger partial charge in [-0.05, 0) is 50.5 Å². The van der Waals surface area contributed by atoms with Crippen LogP contribution in [-0.4, -0.2) is 34.8 Å². The van der Waals surface area contributed by atoms with Crippen molar-refractivity contribution in [2.24, 2.45) is 5.41 Å². The van der Waals surface area contributed by atoms with Gasteiger partial charge in [0.15, 0.2) is 0 Å². The third-order valence-electron chi connectivity index (χ3n) is 4.08. The molecule has 1 saturated heterocycles. The summed E-state index contributed by atoms with van der Waals surface area (Å²) in [4.78, 5) is 12.2. The van der Waals surface area contributed by atoms with E-state index in [-0.39, 0.29) is 5.97 Å². The van der Waals surface area contributed by atoms with Crippen LogP contribution < -0.4 is 0 Å². The summed E-state index contributed by atoms with van der Waals surface area (Å²) in [5.41, 5.74) is -1.38. The highest BCUT2D eigenvalue weighted by molar-refractivity contribution is 7.99. The summed E-state index contributed by atoms with van der Waals surface area (Å²) < 4.78 is 5.20. The monoisotopic (exact) mass is 244 g/mol. The normalized spacial score (nSPS) is 26.9. The van der Waals surface area contributed by atoms with Crippen molar-refractivity contribution in [3.63, 3.8) is 0 Å². The fourth-order valence-corrected chi connectivity index (χ4v) is 4.03. The van der Waals surface area contributed by atoms with Crippen molar-refractivity contribution >= 4 is 17.7 Å². The van der Waals surface area contributed by atoms with E-state index in [2.05, 4.69) is 0 Å². The molecule has 1 saturated carbocycles. The van der Waals surface area contributed by atoms with Crippen LogP contribution >= 0.6 is 11.8 Å². The number of thioether (sulfide) groups is 1. The zero-order valence-electron chi connectivity index (χ0n) is 9.83. The van der Waals surface area contributed by atoms with E-state index in [1.54, 1.807) is 0 Å². The van der Waals surface area contributed by atoms with E-state index >= 15 is 0 Å². The Balaban J connectivity index is 2.20. The maximum absolute atomic E-state index is 12.2. The van der Waals surface area contributed by atoms with Crippen molar-refractivity contribution in [2.45, 2.75) is 44.6 Å². The molecule has 92 valence electrons. The minimum Gasteiger partial charge on any atom is -0.465 e. The largest absolute Gasteiger partial charge is 0.465 e. The molecule has 0 spiro atoms. The van der Waals surface area contributed by atoms with Crippen LogP contribution in [0.2, 0.25) is 0 Å². The Morgan fingerprint density at radius 2 is 1.94 bits per heavy atom. The fourth-order valence-electron chi connectivity index (χ4n) is 2.84. The first-order valence-corrected chi connectivity index (χ1v) is 7.27. The first-order chi connectivity index (χ1) is 7.65. The molecule has 0 radical (unpaired) electrons. The summed E-state index contributed by atoms with van der Waals surface area (Å²) in [6.45, 7) is 2.23. The van der Waals surface area contributed by atoms with Crippen LogP contribution in [0.3, 0.4) is 0 Å². The summed E-state index contributed by atoms with van der Waals surface area (Å²) in [5.74, 6) is 1.75. The number of esters is 1. The molecule has 1 heterocycles. The van der Waals surface area contributed by atoms with Crippen LogP contribution in [-0.2, 0) is 9.53 Å². The predicted octanol–water partition coefficient (Wildman–Crippen LogP) is 1.98. The molecule has 0 aromatic carbocycles. The first kappa shape index (κ1) is 12.2. The number of carbonyl (C=O) groups is 1. The van der Waals surface area contributed by atoms with Gasteiger partial charge in [-0.15, -0.1) is 0 Å². The van der Waals surface area contributed by atoms with Crippen molar-refractivity contribution in [2.75, 3.05) is 18.1 Å². The van der Waals surface area contributed by atoms with E-state index in [0.29, 0.717) is 6.61 Å². The lowest BCUT2D eigenvalue weighted by Crippen LogP contribution is -2.59. The second-order valence-corrected chi connectivity index (χ2v) is 6.02. The van der Waals surface area contributed by atoms with E-state index in [0.717, 1.165) is 43.6 Å². The molecular formula is C12H20O3S. The van der Waals surface area contributed by atoms with Gasteiger partial charge in [0.2, 0.25) is 0 Å². The van der Waals surface area contributed by atoms with Gasteiger partial charge in [-0.25, -0.2) is 0 Å². The maximum Gasteiger partial charge on any atom is 0.315 e. The second kappa shape index (κ2) is 4.57. The molecule has 2 fully saturated rings. The SMILES string of the molecule is CCOC(=O)C1(C2(O)CCC2)CCSCC1. The molecule has 16 heavy (non-hydrogen) atoms. The molecule has 4 heteroatoms. The Labute approximate surface area is 101 Å². The minimum atomic E-state index is -0.778. The van der Waals surface area contributed by atoms with Crippen molar-refractivity contribution < 1.29 is 14.6 Å².